The van der Waals surface area contributed by atoms with Crippen LogP contribution in [0.3, 0.4) is 0 Å². The van der Waals surface area contributed by atoms with E-state index in [2.05, 4.69) is 9.88 Å². The molecular weight excluding hydrogens is 428 g/mol. The van der Waals surface area contributed by atoms with E-state index >= 15 is 0 Å². The van der Waals surface area contributed by atoms with Gasteiger partial charge in [0.05, 0.1) is 5.69 Å². The molecule has 1 aromatic carbocycles. The van der Waals surface area contributed by atoms with Crippen molar-refractivity contribution in [3.05, 3.63) is 52.1 Å². The van der Waals surface area contributed by atoms with Gasteiger partial charge >= 0.3 is 0 Å². The molecule has 0 unspecified atom stereocenters. The Bertz CT molecular complexity index is 1150. The van der Waals surface area contributed by atoms with E-state index in [-0.39, 0.29) is 0 Å². The number of benzene rings is 1. The standard InChI is InChI=1S/C20H23ClN4O2S2/c1-14-13-28-20(22-14)18-12-19(15(2)23(18)3)29(26,27)25-9-7-24(8-10-25)17-6-4-5-16(21)11-17/h4-6,11-13H,7-10H2,1-3H3. The smallest absolute Gasteiger partial charge is 0.244 e. The summed E-state index contributed by atoms with van der Waals surface area (Å²) in [5, 5.41) is 3.49. The number of piperazine rings is 1. The van der Waals surface area contributed by atoms with Gasteiger partial charge in [-0.15, -0.1) is 11.3 Å². The van der Waals surface area contributed by atoms with Crippen molar-refractivity contribution >= 4 is 38.6 Å². The molecular formula is C20H23ClN4O2S2. The van der Waals surface area contributed by atoms with Gasteiger partial charge < -0.3 is 9.47 Å². The van der Waals surface area contributed by atoms with Crippen LogP contribution in [0.5, 0.6) is 0 Å². The second kappa shape index (κ2) is 7.75. The van der Waals surface area contributed by atoms with Gasteiger partial charge in [-0.1, -0.05) is 17.7 Å². The van der Waals surface area contributed by atoms with Crippen LogP contribution < -0.4 is 4.90 Å². The zero-order valence-corrected chi connectivity index (χ0v) is 19.0. The second-order valence-electron chi connectivity index (χ2n) is 7.20. The summed E-state index contributed by atoms with van der Waals surface area (Å²) in [7, 11) is -1.69. The second-order valence-corrected chi connectivity index (χ2v) is 10.4. The van der Waals surface area contributed by atoms with Gasteiger partial charge in [0.25, 0.3) is 0 Å². The van der Waals surface area contributed by atoms with Gasteiger partial charge in [0.2, 0.25) is 10.0 Å². The van der Waals surface area contributed by atoms with E-state index in [0.29, 0.717) is 36.1 Å². The minimum atomic E-state index is -3.57. The Labute approximate surface area is 180 Å². The topological polar surface area (TPSA) is 58.4 Å². The molecule has 9 heteroatoms. The molecule has 154 valence electrons. The molecule has 2 aromatic heterocycles. The third-order valence-electron chi connectivity index (χ3n) is 5.36. The Kier molecular flexibility index (Phi) is 5.46. The van der Waals surface area contributed by atoms with E-state index in [4.69, 9.17) is 11.6 Å². The lowest BCUT2D eigenvalue weighted by atomic mass is 10.2. The zero-order valence-electron chi connectivity index (χ0n) is 16.6. The van der Waals surface area contributed by atoms with Crippen LogP contribution in [0.4, 0.5) is 5.69 Å². The van der Waals surface area contributed by atoms with E-state index in [1.165, 1.54) is 11.3 Å². The molecule has 0 radical (unpaired) electrons. The first-order valence-electron chi connectivity index (χ1n) is 9.37. The molecule has 4 rings (SSSR count). The summed E-state index contributed by atoms with van der Waals surface area (Å²) < 4.78 is 30.2. The summed E-state index contributed by atoms with van der Waals surface area (Å²) in [5.41, 5.74) is 3.51. The fraction of sp³-hybridized carbons (Fsp3) is 0.350. The minimum Gasteiger partial charge on any atom is -0.369 e. The largest absolute Gasteiger partial charge is 0.369 e. The predicted octanol–water partition coefficient (Wildman–Crippen LogP) is 3.93. The van der Waals surface area contributed by atoms with E-state index in [1.807, 2.05) is 55.1 Å². The summed E-state index contributed by atoms with van der Waals surface area (Å²) >= 11 is 7.62. The Morgan fingerprint density at radius 3 is 2.45 bits per heavy atom. The van der Waals surface area contributed by atoms with Crippen LogP contribution in [0.15, 0.2) is 40.6 Å². The highest BCUT2D eigenvalue weighted by Crippen LogP contribution is 2.32. The molecule has 3 aromatic rings. The molecule has 0 atom stereocenters. The number of rotatable bonds is 4. The molecule has 0 saturated carbocycles. The van der Waals surface area contributed by atoms with Crippen molar-refractivity contribution in [2.75, 3.05) is 31.1 Å². The minimum absolute atomic E-state index is 0.360. The summed E-state index contributed by atoms with van der Waals surface area (Å²) in [6.07, 6.45) is 0. The molecule has 0 spiro atoms. The summed E-state index contributed by atoms with van der Waals surface area (Å²) in [5.74, 6) is 0. The van der Waals surface area contributed by atoms with Crippen LogP contribution >= 0.6 is 22.9 Å². The van der Waals surface area contributed by atoms with E-state index < -0.39 is 10.0 Å². The van der Waals surface area contributed by atoms with Gasteiger partial charge in [-0.25, -0.2) is 13.4 Å². The maximum Gasteiger partial charge on any atom is 0.244 e. The van der Waals surface area contributed by atoms with Crippen LogP contribution in [0.1, 0.15) is 11.4 Å². The van der Waals surface area contributed by atoms with Gasteiger partial charge in [-0.05, 0) is 38.1 Å². The molecule has 0 aliphatic carbocycles. The fourth-order valence-corrected chi connectivity index (χ4v) is 6.33. The third-order valence-corrected chi connectivity index (χ3v) is 8.59. The molecule has 0 amide bonds. The number of aryl methyl sites for hydroxylation is 1. The highest BCUT2D eigenvalue weighted by molar-refractivity contribution is 7.89. The zero-order chi connectivity index (χ0) is 20.8. The molecule has 1 fully saturated rings. The van der Waals surface area contributed by atoms with Gasteiger partial charge in [-0.2, -0.15) is 4.31 Å². The Hall–Kier alpha value is -1.87. The Balaban J connectivity index is 1.57. The third kappa shape index (κ3) is 3.82. The Morgan fingerprint density at radius 2 is 1.83 bits per heavy atom. The first-order valence-corrected chi connectivity index (χ1v) is 12.1. The van der Waals surface area contributed by atoms with Gasteiger partial charge in [-0.3, -0.25) is 0 Å². The first-order chi connectivity index (χ1) is 13.8. The summed E-state index contributed by atoms with van der Waals surface area (Å²) in [6, 6.07) is 9.42. The van der Waals surface area contributed by atoms with Crippen molar-refractivity contribution in [1.29, 1.82) is 0 Å². The molecule has 0 N–H and O–H groups in total. The molecule has 6 nitrogen and oxygen atoms in total. The fourth-order valence-electron chi connectivity index (χ4n) is 3.61. The Morgan fingerprint density at radius 1 is 1.10 bits per heavy atom. The number of sulfonamides is 1. The van der Waals surface area contributed by atoms with Crippen molar-refractivity contribution < 1.29 is 8.42 Å². The van der Waals surface area contributed by atoms with Crippen molar-refractivity contribution in [2.45, 2.75) is 18.7 Å². The number of thiazole rings is 1. The maximum atomic E-state index is 13.4. The number of hydrogen-bond donors (Lipinski definition) is 0. The van der Waals surface area contributed by atoms with E-state index in [9.17, 15) is 8.42 Å². The molecule has 29 heavy (non-hydrogen) atoms. The lowest BCUT2D eigenvalue weighted by Crippen LogP contribution is -2.48. The van der Waals surface area contributed by atoms with Gasteiger partial charge in [0.1, 0.15) is 9.90 Å². The molecule has 1 aliphatic rings. The first kappa shape index (κ1) is 20.4. The predicted molar refractivity (Wildman–Crippen MR) is 118 cm³/mol. The van der Waals surface area contributed by atoms with E-state index in [0.717, 1.165) is 27.8 Å². The van der Waals surface area contributed by atoms with E-state index in [1.54, 1.807) is 10.4 Å². The average Bonchev–Trinajstić information content (AvgIpc) is 3.26. The lowest BCUT2D eigenvalue weighted by Gasteiger charge is -2.35. The summed E-state index contributed by atoms with van der Waals surface area (Å²) in [4.78, 5) is 7.04. The van der Waals surface area contributed by atoms with Crippen molar-refractivity contribution in [2.24, 2.45) is 7.05 Å². The van der Waals surface area contributed by atoms with Crippen LogP contribution in [0.2, 0.25) is 5.02 Å². The van der Waals surface area contributed by atoms with Crippen molar-refractivity contribution in [1.82, 2.24) is 13.9 Å². The average molecular weight is 451 g/mol. The number of hydrogen-bond acceptors (Lipinski definition) is 5. The monoisotopic (exact) mass is 450 g/mol. The normalized spacial score (nSPS) is 15.8. The number of aromatic nitrogens is 2. The van der Waals surface area contributed by atoms with Gasteiger partial charge in [0, 0.05) is 60.7 Å². The molecule has 3 heterocycles. The van der Waals surface area contributed by atoms with Gasteiger partial charge in [0.15, 0.2) is 0 Å². The lowest BCUT2D eigenvalue weighted by molar-refractivity contribution is 0.384. The van der Waals surface area contributed by atoms with Crippen molar-refractivity contribution in [3.8, 4) is 10.7 Å². The highest BCUT2D eigenvalue weighted by Gasteiger charge is 2.32. The highest BCUT2D eigenvalue weighted by atomic mass is 35.5. The van der Waals surface area contributed by atoms with Crippen LogP contribution in [0, 0.1) is 13.8 Å². The molecule has 0 bridgehead atoms. The SMILES string of the molecule is Cc1csc(-c2cc(S(=O)(=O)N3CCN(c4cccc(Cl)c4)CC3)c(C)n2C)n1. The molecule has 1 saturated heterocycles. The van der Waals surface area contributed by atoms with Crippen LogP contribution in [-0.2, 0) is 17.1 Å². The number of anilines is 1. The quantitative estimate of drug-likeness (QED) is 0.604. The number of nitrogens with zero attached hydrogens (tertiary/aromatic N) is 4. The van der Waals surface area contributed by atoms with Crippen LogP contribution in [0.25, 0.3) is 10.7 Å². The summed E-state index contributed by atoms with van der Waals surface area (Å²) in [6.45, 7) is 5.92. The maximum absolute atomic E-state index is 13.4. The number of halogens is 1. The van der Waals surface area contributed by atoms with Crippen molar-refractivity contribution in [3.63, 3.8) is 0 Å². The molecule has 1 aliphatic heterocycles. The van der Waals surface area contributed by atoms with Crippen LogP contribution in [-0.4, -0.2) is 48.5 Å².